The zero-order chi connectivity index (χ0) is 29.7. The van der Waals surface area contributed by atoms with Crippen LogP contribution in [-0.4, -0.2) is 57.9 Å². The van der Waals surface area contributed by atoms with Gasteiger partial charge in [-0.25, -0.2) is 4.79 Å². The molecule has 0 amide bonds. The highest BCUT2D eigenvalue weighted by molar-refractivity contribution is 5.90. The molecule has 0 spiro atoms. The molecule has 0 saturated carbocycles. The minimum atomic E-state index is -0.461. The van der Waals surface area contributed by atoms with Gasteiger partial charge in [0.2, 0.25) is 0 Å². The molecule has 0 aliphatic carbocycles. The highest BCUT2D eigenvalue weighted by Gasteiger charge is 2.34. The van der Waals surface area contributed by atoms with Crippen molar-refractivity contribution >= 4 is 5.97 Å². The fourth-order valence-corrected chi connectivity index (χ4v) is 6.40. The third-order valence-corrected chi connectivity index (χ3v) is 9.03. The van der Waals surface area contributed by atoms with E-state index in [0.717, 1.165) is 64.2 Å². The Morgan fingerprint density at radius 3 is 1.51 bits per heavy atom. The Morgan fingerprint density at radius 2 is 1.10 bits per heavy atom. The van der Waals surface area contributed by atoms with Crippen LogP contribution in [0.4, 0.5) is 0 Å². The molecule has 2 aliphatic rings. The lowest BCUT2D eigenvalue weighted by Gasteiger charge is -2.22. The quantitative estimate of drug-likeness (QED) is 0.0707. The lowest BCUT2D eigenvalue weighted by molar-refractivity contribution is -0.139. The Balaban J connectivity index is 1.37. The Bertz CT molecular complexity index is 694. The van der Waals surface area contributed by atoms with Crippen molar-refractivity contribution in [1.29, 1.82) is 0 Å². The monoisotopic (exact) mass is 580 g/mol. The molecule has 2 heterocycles. The summed E-state index contributed by atoms with van der Waals surface area (Å²) in [4.78, 5) is 11.6. The van der Waals surface area contributed by atoms with Crippen molar-refractivity contribution in [2.45, 2.75) is 205 Å². The zero-order valence-corrected chi connectivity index (χ0v) is 26.6. The summed E-state index contributed by atoms with van der Waals surface area (Å²) in [5.41, 5.74) is 0.617. The number of unbranched alkanes of at least 4 members (excludes halogenated alkanes) is 16. The molecule has 3 N–H and O–H groups in total. The number of cyclic esters (lactones) is 1. The lowest BCUT2D eigenvalue weighted by Crippen LogP contribution is -2.31. The topological polar surface area (TPSA) is 96.2 Å². The zero-order valence-electron chi connectivity index (χ0n) is 26.6. The van der Waals surface area contributed by atoms with Gasteiger partial charge in [0.05, 0.1) is 30.5 Å². The predicted octanol–water partition coefficient (Wildman–Crippen LogP) is 8.09. The molecule has 0 aromatic carbocycles. The molecule has 240 valence electrons. The number of esters is 1. The highest BCUT2D eigenvalue weighted by Crippen LogP contribution is 2.28. The van der Waals surface area contributed by atoms with Gasteiger partial charge in [-0.1, -0.05) is 122 Å². The van der Waals surface area contributed by atoms with Gasteiger partial charge in [0.25, 0.3) is 0 Å². The van der Waals surface area contributed by atoms with Crippen LogP contribution >= 0.6 is 0 Å². The van der Waals surface area contributed by atoms with E-state index in [1.54, 1.807) is 0 Å². The average Bonchev–Trinajstić information content (AvgIpc) is 3.57. The summed E-state index contributed by atoms with van der Waals surface area (Å²) in [6.45, 7) is 4.10. The first-order chi connectivity index (χ1) is 19.9. The molecule has 0 aromatic heterocycles. The SMILES string of the molecule is CCCCCCCCCCCC[C@H](O)[C@@H]1CC[C@H]([C@H](O)CCCCCCCCCC[C@@H](O)CC2=C[C@@H](C)OC2=O)O1. The van der Waals surface area contributed by atoms with Crippen molar-refractivity contribution in [1.82, 2.24) is 0 Å². The third-order valence-electron chi connectivity index (χ3n) is 9.03. The van der Waals surface area contributed by atoms with Crippen LogP contribution in [0.2, 0.25) is 0 Å². The van der Waals surface area contributed by atoms with Crippen molar-refractivity contribution < 1.29 is 29.6 Å². The van der Waals surface area contributed by atoms with E-state index in [1.165, 1.54) is 83.5 Å². The predicted molar refractivity (Wildman–Crippen MR) is 167 cm³/mol. The molecule has 6 atom stereocenters. The second-order valence-corrected chi connectivity index (χ2v) is 13.0. The van der Waals surface area contributed by atoms with E-state index in [4.69, 9.17) is 9.47 Å². The van der Waals surface area contributed by atoms with Crippen LogP contribution in [-0.2, 0) is 14.3 Å². The number of hydrogen-bond donors (Lipinski definition) is 3. The fraction of sp³-hybridized carbons (Fsp3) is 0.914. The second-order valence-electron chi connectivity index (χ2n) is 13.0. The first kappa shape index (κ1) is 36.2. The van der Waals surface area contributed by atoms with Gasteiger partial charge in [0.15, 0.2) is 0 Å². The molecule has 0 unspecified atom stereocenters. The minimum Gasteiger partial charge on any atom is -0.455 e. The fourth-order valence-electron chi connectivity index (χ4n) is 6.40. The van der Waals surface area contributed by atoms with Gasteiger partial charge in [-0.15, -0.1) is 0 Å². The third kappa shape index (κ3) is 16.5. The largest absolute Gasteiger partial charge is 0.455 e. The Morgan fingerprint density at radius 1 is 0.683 bits per heavy atom. The molecule has 1 saturated heterocycles. The summed E-state index contributed by atoms with van der Waals surface area (Å²) in [7, 11) is 0. The van der Waals surface area contributed by atoms with E-state index in [-0.39, 0.29) is 24.3 Å². The highest BCUT2D eigenvalue weighted by atomic mass is 16.5. The van der Waals surface area contributed by atoms with Gasteiger partial charge in [-0.2, -0.15) is 0 Å². The normalized spacial score (nSPS) is 23.0. The lowest BCUT2D eigenvalue weighted by atomic mass is 9.99. The van der Waals surface area contributed by atoms with E-state index >= 15 is 0 Å². The molecule has 6 heteroatoms. The molecule has 2 aliphatic heterocycles. The standard InChI is InChI=1S/C35H64O6/c1-3-4-5-6-7-8-9-13-16-19-22-31(37)33-24-25-34(41-33)32(38)23-20-17-14-11-10-12-15-18-21-30(36)27-29-26-28(2)40-35(29)39/h26,28,30-34,36-38H,3-25,27H2,1-2H3/t28-,30-,31+,32-,33+,34-/m1/s1. The van der Waals surface area contributed by atoms with Gasteiger partial charge in [-0.3, -0.25) is 0 Å². The number of ether oxygens (including phenoxy) is 2. The maximum absolute atomic E-state index is 11.6. The van der Waals surface area contributed by atoms with Crippen molar-refractivity contribution in [3.63, 3.8) is 0 Å². The van der Waals surface area contributed by atoms with Crippen LogP contribution in [0.5, 0.6) is 0 Å². The van der Waals surface area contributed by atoms with E-state index in [9.17, 15) is 20.1 Å². The van der Waals surface area contributed by atoms with E-state index in [0.29, 0.717) is 12.0 Å². The number of rotatable bonds is 26. The van der Waals surface area contributed by atoms with Crippen molar-refractivity contribution in [3.05, 3.63) is 11.6 Å². The second kappa shape index (κ2) is 22.6. The minimum absolute atomic E-state index is 0.102. The number of aliphatic hydroxyl groups is 3. The smallest absolute Gasteiger partial charge is 0.334 e. The van der Waals surface area contributed by atoms with Crippen LogP contribution in [0.1, 0.15) is 168 Å². The Kier molecular flexibility index (Phi) is 20.0. The summed E-state index contributed by atoms with van der Waals surface area (Å²) >= 11 is 0. The van der Waals surface area contributed by atoms with E-state index in [2.05, 4.69) is 6.92 Å². The molecule has 2 rings (SSSR count). The maximum Gasteiger partial charge on any atom is 0.334 e. The van der Waals surface area contributed by atoms with Gasteiger partial charge >= 0.3 is 5.97 Å². The Hall–Kier alpha value is -0.950. The number of carbonyl (C=O) groups excluding carboxylic acids is 1. The molecule has 41 heavy (non-hydrogen) atoms. The summed E-state index contributed by atoms with van der Waals surface area (Å²) in [5.74, 6) is -0.280. The number of carbonyl (C=O) groups is 1. The number of aliphatic hydroxyl groups excluding tert-OH is 3. The van der Waals surface area contributed by atoms with Crippen LogP contribution in [0, 0.1) is 0 Å². The van der Waals surface area contributed by atoms with E-state index < -0.39 is 18.3 Å². The van der Waals surface area contributed by atoms with Gasteiger partial charge in [0, 0.05) is 12.0 Å². The van der Waals surface area contributed by atoms with Crippen molar-refractivity contribution in [2.24, 2.45) is 0 Å². The molecular formula is C35H64O6. The maximum atomic E-state index is 11.6. The van der Waals surface area contributed by atoms with Gasteiger partial charge in [0.1, 0.15) is 6.10 Å². The van der Waals surface area contributed by atoms with Crippen LogP contribution in [0.15, 0.2) is 11.6 Å². The average molecular weight is 581 g/mol. The molecule has 0 aromatic rings. The molecule has 0 bridgehead atoms. The molecule has 1 fully saturated rings. The van der Waals surface area contributed by atoms with Gasteiger partial charge in [-0.05, 0) is 45.1 Å². The van der Waals surface area contributed by atoms with Crippen LogP contribution in [0.25, 0.3) is 0 Å². The molecule has 0 radical (unpaired) electrons. The van der Waals surface area contributed by atoms with Crippen molar-refractivity contribution in [3.8, 4) is 0 Å². The molecular weight excluding hydrogens is 516 g/mol. The first-order valence-corrected chi connectivity index (χ1v) is 17.5. The number of hydrogen-bond acceptors (Lipinski definition) is 6. The summed E-state index contributed by atoms with van der Waals surface area (Å²) in [6.07, 6.45) is 26.7. The first-order valence-electron chi connectivity index (χ1n) is 17.5. The van der Waals surface area contributed by atoms with E-state index in [1.807, 2.05) is 13.0 Å². The summed E-state index contributed by atoms with van der Waals surface area (Å²) < 4.78 is 11.2. The van der Waals surface area contributed by atoms with Crippen molar-refractivity contribution in [2.75, 3.05) is 0 Å². The van der Waals surface area contributed by atoms with Crippen LogP contribution < -0.4 is 0 Å². The summed E-state index contributed by atoms with van der Waals surface area (Å²) in [6, 6.07) is 0. The summed E-state index contributed by atoms with van der Waals surface area (Å²) in [5, 5.41) is 31.4. The Labute approximate surface area is 251 Å². The molecule has 6 nitrogen and oxygen atoms in total. The van der Waals surface area contributed by atoms with Crippen LogP contribution in [0.3, 0.4) is 0 Å². The van der Waals surface area contributed by atoms with Gasteiger partial charge < -0.3 is 24.8 Å².